The predicted octanol–water partition coefficient (Wildman–Crippen LogP) is 3.95. The zero-order chi connectivity index (χ0) is 15.8. The van der Waals surface area contributed by atoms with E-state index >= 15 is 0 Å². The van der Waals surface area contributed by atoms with Crippen LogP contribution in [0.4, 0.5) is 0 Å². The Hall–Kier alpha value is -1.61. The lowest BCUT2D eigenvalue weighted by Gasteiger charge is -2.26. The highest BCUT2D eigenvalue weighted by Crippen LogP contribution is 2.16. The van der Waals surface area contributed by atoms with Gasteiger partial charge < -0.3 is 4.74 Å². The molecule has 1 fully saturated rings. The van der Waals surface area contributed by atoms with Gasteiger partial charge in [-0.15, -0.1) is 0 Å². The Labute approximate surface area is 134 Å². The number of likely N-dealkylation sites (tertiary alicyclic amines) is 1. The Kier molecular flexibility index (Phi) is 6.66. The van der Waals surface area contributed by atoms with Gasteiger partial charge in [-0.05, 0) is 57.1 Å². The van der Waals surface area contributed by atoms with Gasteiger partial charge in [-0.2, -0.15) is 0 Å². The van der Waals surface area contributed by atoms with Crippen molar-refractivity contribution in [2.75, 3.05) is 26.2 Å². The van der Waals surface area contributed by atoms with E-state index in [1.807, 2.05) is 50.3 Å². The van der Waals surface area contributed by atoms with E-state index in [9.17, 15) is 4.79 Å². The van der Waals surface area contributed by atoms with E-state index in [1.54, 1.807) is 0 Å². The molecule has 0 N–H and O–H groups in total. The van der Waals surface area contributed by atoms with Crippen LogP contribution in [0.25, 0.3) is 0 Å². The minimum Gasteiger partial charge on any atom is -0.492 e. The molecule has 0 spiro atoms. The van der Waals surface area contributed by atoms with E-state index in [2.05, 4.69) is 4.90 Å². The Morgan fingerprint density at radius 3 is 2.55 bits per heavy atom. The zero-order valence-electron chi connectivity index (χ0n) is 13.8. The predicted molar refractivity (Wildman–Crippen MR) is 90.5 cm³/mol. The molecule has 0 radical (unpaired) electrons. The molecular formula is C19H27NO2. The van der Waals surface area contributed by atoms with Crippen LogP contribution in [0.15, 0.2) is 36.4 Å². The minimum atomic E-state index is -0.0733. The maximum absolute atomic E-state index is 12.2. The number of carbonyl (C=O) groups excluding carboxylic acids is 1. The van der Waals surface area contributed by atoms with Gasteiger partial charge in [0.2, 0.25) is 0 Å². The molecule has 1 heterocycles. The maximum Gasteiger partial charge on any atom is 0.169 e. The highest BCUT2D eigenvalue weighted by Gasteiger charge is 2.12. The molecule has 2 rings (SSSR count). The fourth-order valence-electron chi connectivity index (χ4n) is 2.83. The van der Waals surface area contributed by atoms with Crippen molar-refractivity contribution in [3.8, 4) is 5.75 Å². The molecule has 1 unspecified atom stereocenters. The number of hydrogen-bond acceptors (Lipinski definition) is 3. The summed E-state index contributed by atoms with van der Waals surface area (Å²) in [5, 5.41) is 0. The van der Waals surface area contributed by atoms with Gasteiger partial charge in [-0.3, -0.25) is 9.69 Å². The lowest BCUT2D eigenvalue weighted by atomic mass is 9.99. The van der Waals surface area contributed by atoms with Crippen LogP contribution in [0.5, 0.6) is 5.75 Å². The lowest BCUT2D eigenvalue weighted by Crippen LogP contribution is -2.33. The van der Waals surface area contributed by atoms with Gasteiger partial charge in [0.1, 0.15) is 12.4 Å². The van der Waals surface area contributed by atoms with E-state index in [-0.39, 0.29) is 11.7 Å². The number of Topliss-reactive ketones (excluding diaryl/α,β-unsaturated/α-hetero) is 1. The van der Waals surface area contributed by atoms with E-state index < -0.39 is 0 Å². The Bertz CT molecular complexity index is 487. The first-order chi connectivity index (χ1) is 10.7. The number of ether oxygens (including phenoxy) is 1. The molecule has 0 aromatic heterocycles. The molecule has 1 atom stereocenters. The summed E-state index contributed by atoms with van der Waals surface area (Å²) in [5.74, 6) is 0.918. The molecular weight excluding hydrogens is 274 g/mol. The molecule has 0 aliphatic carbocycles. The molecule has 3 nitrogen and oxygen atoms in total. The second-order valence-electron chi connectivity index (χ2n) is 5.95. The molecule has 0 amide bonds. The molecule has 1 aromatic carbocycles. The van der Waals surface area contributed by atoms with E-state index in [4.69, 9.17) is 4.74 Å². The number of benzene rings is 1. The summed E-state index contributed by atoms with van der Waals surface area (Å²) in [6, 6.07) is 7.51. The molecule has 1 aromatic rings. The second-order valence-corrected chi connectivity index (χ2v) is 5.95. The molecule has 1 aliphatic heterocycles. The number of nitrogens with zero attached hydrogens (tertiary/aromatic N) is 1. The SMILES string of the molecule is C/C=C/C(C)C(=O)c1ccc(OCCN2CCCCC2)cc1. The third-order valence-corrected chi connectivity index (χ3v) is 4.16. The number of hydrogen-bond donors (Lipinski definition) is 0. The summed E-state index contributed by atoms with van der Waals surface area (Å²) >= 11 is 0. The van der Waals surface area contributed by atoms with Gasteiger partial charge in [-0.1, -0.05) is 25.5 Å². The first kappa shape index (κ1) is 16.8. The van der Waals surface area contributed by atoms with E-state index in [0.29, 0.717) is 6.61 Å². The summed E-state index contributed by atoms with van der Waals surface area (Å²) < 4.78 is 5.78. The third kappa shape index (κ3) is 4.99. The summed E-state index contributed by atoms with van der Waals surface area (Å²) in [6.45, 7) is 7.94. The monoisotopic (exact) mass is 301 g/mol. The maximum atomic E-state index is 12.2. The van der Waals surface area contributed by atoms with Crippen LogP contribution in [0.3, 0.4) is 0 Å². The molecule has 0 bridgehead atoms. The smallest absolute Gasteiger partial charge is 0.169 e. The number of allylic oxidation sites excluding steroid dienone is 2. The topological polar surface area (TPSA) is 29.5 Å². The van der Waals surface area contributed by atoms with Crippen LogP contribution >= 0.6 is 0 Å². The van der Waals surface area contributed by atoms with Gasteiger partial charge >= 0.3 is 0 Å². The highest BCUT2D eigenvalue weighted by molar-refractivity contribution is 5.98. The summed E-state index contributed by atoms with van der Waals surface area (Å²) in [6.07, 6.45) is 7.81. The van der Waals surface area contributed by atoms with Crippen molar-refractivity contribution in [1.82, 2.24) is 4.90 Å². The van der Waals surface area contributed by atoms with E-state index in [0.717, 1.165) is 17.9 Å². The molecule has 1 aliphatic rings. The standard InChI is InChI=1S/C19H27NO2/c1-3-7-16(2)19(21)17-8-10-18(11-9-17)22-15-14-20-12-5-4-6-13-20/h3,7-11,16H,4-6,12-15H2,1-2H3/b7-3+. The van der Waals surface area contributed by atoms with Crippen LogP contribution in [-0.4, -0.2) is 36.9 Å². The normalized spacial score (nSPS) is 17.5. The molecule has 22 heavy (non-hydrogen) atoms. The fraction of sp³-hybridized carbons (Fsp3) is 0.526. The lowest BCUT2D eigenvalue weighted by molar-refractivity contribution is 0.0953. The average molecular weight is 301 g/mol. The second kappa shape index (κ2) is 8.74. The zero-order valence-corrected chi connectivity index (χ0v) is 13.8. The van der Waals surface area contributed by atoms with Crippen LogP contribution in [0, 0.1) is 5.92 Å². The first-order valence-corrected chi connectivity index (χ1v) is 8.33. The third-order valence-electron chi connectivity index (χ3n) is 4.16. The number of piperidine rings is 1. The quantitative estimate of drug-likeness (QED) is 0.564. The van der Waals surface area contributed by atoms with Crippen molar-refractivity contribution in [3.63, 3.8) is 0 Å². The molecule has 0 saturated carbocycles. The van der Waals surface area contributed by atoms with Crippen molar-refractivity contribution in [1.29, 1.82) is 0 Å². The molecule has 3 heteroatoms. The minimum absolute atomic E-state index is 0.0733. The molecule has 120 valence electrons. The largest absolute Gasteiger partial charge is 0.492 e. The van der Waals surface area contributed by atoms with Crippen molar-refractivity contribution >= 4 is 5.78 Å². The Balaban J connectivity index is 1.80. The fourth-order valence-corrected chi connectivity index (χ4v) is 2.83. The van der Waals surface area contributed by atoms with Crippen LogP contribution in [0.2, 0.25) is 0 Å². The number of carbonyl (C=O) groups is 1. The van der Waals surface area contributed by atoms with Gasteiger partial charge in [0.25, 0.3) is 0 Å². The van der Waals surface area contributed by atoms with Crippen molar-refractivity contribution < 1.29 is 9.53 Å². The Morgan fingerprint density at radius 2 is 1.91 bits per heavy atom. The van der Waals surface area contributed by atoms with E-state index in [1.165, 1.54) is 32.4 Å². The van der Waals surface area contributed by atoms with Crippen LogP contribution in [0.1, 0.15) is 43.5 Å². The number of rotatable bonds is 7. The van der Waals surface area contributed by atoms with Crippen molar-refractivity contribution in [3.05, 3.63) is 42.0 Å². The summed E-state index contributed by atoms with van der Waals surface area (Å²) in [4.78, 5) is 14.6. The average Bonchev–Trinajstić information content (AvgIpc) is 2.56. The Morgan fingerprint density at radius 1 is 1.23 bits per heavy atom. The van der Waals surface area contributed by atoms with Crippen molar-refractivity contribution in [2.24, 2.45) is 5.92 Å². The van der Waals surface area contributed by atoms with Gasteiger partial charge in [-0.25, -0.2) is 0 Å². The summed E-state index contributed by atoms with van der Waals surface area (Å²) in [7, 11) is 0. The highest BCUT2D eigenvalue weighted by atomic mass is 16.5. The van der Waals surface area contributed by atoms with Gasteiger partial charge in [0.05, 0.1) is 0 Å². The van der Waals surface area contributed by atoms with Crippen molar-refractivity contribution in [2.45, 2.75) is 33.1 Å². The first-order valence-electron chi connectivity index (χ1n) is 8.33. The number of ketones is 1. The van der Waals surface area contributed by atoms with Gasteiger partial charge in [0.15, 0.2) is 5.78 Å². The van der Waals surface area contributed by atoms with Crippen LogP contribution < -0.4 is 4.74 Å². The van der Waals surface area contributed by atoms with Gasteiger partial charge in [0, 0.05) is 18.0 Å². The van der Waals surface area contributed by atoms with Crippen LogP contribution in [-0.2, 0) is 0 Å². The molecule has 1 saturated heterocycles. The summed E-state index contributed by atoms with van der Waals surface area (Å²) in [5.41, 5.74) is 0.744.